The number of ketones is 1. The number of nitrogens with zero attached hydrogens (tertiary/aromatic N) is 1. The van der Waals surface area contributed by atoms with Gasteiger partial charge >= 0.3 is 0 Å². The molecule has 22 heavy (non-hydrogen) atoms. The summed E-state index contributed by atoms with van der Waals surface area (Å²) in [5, 5.41) is 11.0. The Morgan fingerprint density at radius 1 is 1.23 bits per heavy atom. The van der Waals surface area contributed by atoms with E-state index < -0.39 is 4.92 Å². The molecule has 0 saturated heterocycles. The van der Waals surface area contributed by atoms with Crippen LogP contribution in [-0.4, -0.2) is 17.3 Å². The molecule has 2 aromatic carbocycles. The predicted molar refractivity (Wildman–Crippen MR) is 85.0 cm³/mol. The van der Waals surface area contributed by atoms with Crippen molar-refractivity contribution in [2.75, 3.05) is 6.61 Å². The van der Waals surface area contributed by atoms with Gasteiger partial charge in [0.15, 0.2) is 5.78 Å². The van der Waals surface area contributed by atoms with Gasteiger partial charge < -0.3 is 4.74 Å². The van der Waals surface area contributed by atoms with Gasteiger partial charge in [-0.05, 0) is 45.8 Å². The van der Waals surface area contributed by atoms with E-state index >= 15 is 0 Å². The molecule has 0 N–H and O–H groups in total. The molecule has 6 heteroatoms. The lowest BCUT2D eigenvalue weighted by Gasteiger charge is -2.18. The predicted octanol–water partition coefficient (Wildman–Crippen LogP) is 4.02. The third-order valence-electron chi connectivity index (χ3n) is 3.31. The lowest BCUT2D eigenvalue weighted by Crippen LogP contribution is -2.18. The van der Waals surface area contributed by atoms with Crippen molar-refractivity contribution in [3.63, 3.8) is 0 Å². The minimum absolute atomic E-state index is 0.0427. The van der Waals surface area contributed by atoms with Crippen molar-refractivity contribution in [1.29, 1.82) is 0 Å². The van der Waals surface area contributed by atoms with E-state index in [1.54, 1.807) is 42.5 Å². The van der Waals surface area contributed by atoms with Gasteiger partial charge in [-0.25, -0.2) is 0 Å². The Morgan fingerprint density at radius 3 is 2.77 bits per heavy atom. The number of benzene rings is 2. The smallest absolute Gasteiger partial charge is 0.284 e. The van der Waals surface area contributed by atoms with E-state index in [0.29, 0.717) is 26.9 Å². The SMILES string of the molecule is O=C1/C(=C/c2ccc(Br)c([N+](=O)[O-])c2)COc2ccccc21. The molecule has 0 aliphatic carbocycles. The number of hydrogen-bond donors (Lipinski definition) is 0. The Morgan fingerprint density at radius 2 is 2.00 bits per heavy atom. The van der Waals surface area contributed by atoms with Gasteiger partial charge in [-0.15, -0.1) is 0 Å². The average molecular weight is 360 g/mol. The summed E-state index contributed by atoms with van der Waals surface area (Å²) in [5.74, 6) is 0.443. The molecule has 2 aromatic rings. The van der Waals surface area contributed by atoms with Crippen LogP contribution in [0.2, 0.25) is 0 Å². The van der Waals surface area contributed by atoms with Crippen LogP contribution in [0.15, 0.2) is 52.5 Å². The van der Waals surface area contributed by atoms with E-state index in [9.17, 15) is 14.9 Å². The molecule has 0 aromatic heterocycles. The summed E-state index contributed by atoms with van der Waals surface area (Å²) < 4.78 is 5.95. The summed E-state index contributed by atoms with van der Waals surface area (Å²) in [6.45, 7) is 0.152. The van der Waals surface area contributed by atoms with Crippen LogP contribution < -0.4 is 4.74 Å². The van der Waals surface area contributed by atoms with E-state index in [1.165, 1.54) is 6.07 Å². The fraction of sp³-hybridized carbons (Fsp3) is 0.0625. The van der Waals surface area contributed by atoms with E-state index in [4.69, 9.17) is 4.74 Å². The first-order valence-electron chi connectivity index (χ1n) is 6.47. The van der Waals surface area contributed by atoms with Gasteiger partial charge in [0.25, 0.3) is 5.69 Å². The Balaban J connectivity index is 1.99. The standard InChI is InChI=1S/C16H10BrNO4/c17-13-6-5-10(8-14(13)18(20)21)7-11-9-22-15-4-2-1-3-12(15)16(11)19/h1-8H,9H2/b11-7+. The van der Waals surface area contributed by atoms with Gasteiger partial charge in [-0.3, -0.25) is 14.9 Å². The highest BCUT2D eigenvalue weighted by atomic mass is 79.9. The molecule has 0 fully saturated rings. The number of nitro benzene ring substituents is 1. The second kappa shape index (κ2) is 5.73. The summed E-state index contributed by atoms with van der Waals surface area (Å²) in [7, 11) is 0. The first-order chi connectivity index (χ1) is 10.6. The van der Waals surface area contributed by atoms with Gasteiger partial charge in [0, 0.05) is 11.6 Å². The van der Waals surface area contributed by atoms with Crippen LogP contribution in [-0.2, 0) is 0 Å². The van der Waals surface area contributed by atoms with Crippen LogP contribution in [0.3, 0.4) is 0 Å². The third kappa shape index (κ3) is 2.65. The van der Waals surface area contributed by atoms with Crippen LogP contribution in [0.5, 0.6) is 5.75 Å². The summed E-state index contributed by atoms with van der Waals surface area (Å²) in [5.41, 5.74) is 1.52. The number of halogens is 1. The topological polar surface area (TPSA) is 69.4 Å². The Labute approximate surface area is 134 Å². The molecule has 0 unspecified atom stereocenters. The average Bonchev–Trinajstić information content (AvgIpc) is 2.52. The third-order valence-corrected chi connectivity index (χ3v) is 3.98. The summed E-state index contributed by atoms with van der Waals surface area (Å²) in [6.07, 6.45) is 1.62. The van der Waals surface area contributed by atoms with Crippen LogP contribution in [0.25, 0.3) is 6.08 Å². The zero-order valence-corrected chi connectivity index (χ0v) is 12.9. The van der Waals surface area contributed by atoms with E-state index in [-0.39, 0.29) is 18.1 Å². The zero-order valence-electron chi connectivity index (χ0n) is 11.3. The molecule has 5 nitrogen and oxygen atoms in total. The zero-order chi connectivity index (χ0) is 15.7. The minimum Gasteiger partial charge on any atom is -0.488 e. The molecular formula is C16H10BrNO4. The van der Waals surface area contributed by atoms with Gasteiger partial charge in [-0.1, -0.05) is 18.2 Å². The molecule has 3 rings (SSSR count). The number of Topliss-reactive ketones (excluding diaryl/α,β-unsaturated/α-hetero) is 1. The van der Waals surface area contributed by atoms with E-state index in [0.717, 1.165) is 0 Å². The first-order valence-corrected chi connectivity index (χ1v) is 7.26. The van der Waals surface area contributed by atoms with Crippen LogP contribution in [0.4, 0.5) is 5.69 Å². The molecule has 110 valence electrons. The Bertz CT molecular complexity index is 814. The summed E-state index contributed by atoms with van der Waals surface area (Å²) >= 11 is 3.14. The molecule has 0 atom stereocenters. The number of carbonyl (C=O) groups is 1. The van der Waals surface area contributed by atoms with Gasteiger partial charge in [0.05, 0.1) is 15.0 Å². The molecule has 0 spiro atoms. The maximum atomic E-state index is 12.4. The molecule has 1 aliphatic rings. The highest BCUT2D eigenvalue weighted by Gasteiger charge is 2.23. The lowest BCUT2D eigenvalue weighted by atomic mass is 9.98. The van der Waals surface area contributed by atoms with E-state index in [1.807, 2.05) is 0 Å². The normalized spacial score (nSPS) is 15.3. The molecule has 0 radical (unpaired) electrons. The molecular weight excluding hydrogens is 350 g/mol. The summed E-state index contributed by atoms with van der Waals surface area (Å²) in [6, 6.07) is 11.7. The van der Waals surface area contributed by atoms with Crippen molar-refractivity contribution in [3.8, 4) is 5.75 Å². The fourth-order valence-electron chi connectivity index (χ4n) is 2.24. The largest absolute Gasteiger partial charge is 0.488 e. The summed E-state index contributed by atoms with van der Waals surface area (Å²) in [4.78, 5) is 22.9. The van der Waals surface area contributed by atoms with Crippen LogP contribution in [0, 0.1) is 10.1 Å². The van der Waals surface area contributed by atoms with Gasteiger partial charge in [0.2, 0.25) is 0 Å². The first kappa shape index (κ1) is 14.5. The number of nitro groups is 1. The van der Waals surface area contributed by atoms with E-state index in [2.05, 4.69) is 15.9 Å². The molecule has 1 heterocycles. The second-order valence-corrected chi connectivity index (χ2v) is 5.61. The van der Waals surface area contributed by atoms with Crippen molar-refractivity contribution in [1.82, 2.24) is 0 Å². The minimum atomic E-state index is -0.472. The number of fused-ring (bicyclic) bond motifs is 1. The maximum absolute atomic E-state index is 12.4. The highest BCUT2D eigenvalue weighted by molar-refractivity contribution is 9.10. The van der Waals surface area contributed by atoms with Gasteiger partial charge in [-0.2, -0.15) is 0 Å². The van der Waals surface area contributed by atoms with Crippen molar-refractivity contribution < 1.29 is 14.5 Å². The Hall–Kier alpha value is -2.47. The molecule has 0 bridgehead atoms. The Kier molecular flexibility index (Phi) is 3.77. The van der Waals surface area contributed by atoms with Crippen LogP contribution >= 0.6 is 15.9 Å². The van der Waals surface area contributed by atoms with Crippen LogP contribution in [0.1, 0.15) is 15.9 Å². The highest BCUT2D eigenvalue weighted by Crippen LogP contribution is 2.30. The van der Waals surface area contributed by atoms with Crippen molar-refractivity contribution >= 4 is 33.5 Å². The lowest BCUT2D eigenvalue weighted by molar-refractivity contribution is -0.385. The van der Waals surface area contributed by atoms with Crippen molar-refractivity contribution in [2.24, 2.45) is 0 Å². The number of ether oxygens (including phenoxy) is 1. The van der Waals surface area contributed by atoms with Crippen molar-refractivity contribution in [3.05, 3.63) is 73.8 Å². The monoisotopic (exact) mass is 359 g/mol. The number of para-hydroxylation sites is 1. The molecule has 0 amide bonds. The number of hydrogen-bond acceptors (Lipinski definition) is 4. The molecule has 0 saturated carbocycles. The molecule has 1 aliphatic heterocycles. The van der Waals surface area contributed by atoms with Gasteiger partial charge in [0.1, 0.15) is 12.4 Å². The number of rotatable bonds is 2. The quantitative estimate of drug-likeness (QED) is 0.461. The van der Waals surface area contributed by atoms with Crippen molar-refractivity contribution in [2.45, 2.75) is 0 Å². The number of carbonyl (C=O) groups excluding carboxylic acids is 1. The maximum Gasteiger partial charge on any atom is 0.284 e. The fourth-order valence-corrected chi connectivity index (χ4v) is 2.63. The second-order valence-electron chi connectivity index (χ2n) is 4.75.